The standard InChI is InChI=1S/C33H29F13O4/c1-3-4-5-6-19-48-24-13-11-22(12-14-24)21-7-9-23(10-8-21)27(47)50-26-17-15-25(16-18-26)49-20(2)28(34,35)29(36,37)30(38,39)31(40,41)32(42,43)33(44,45)46/h7-18,20H,3-6,19H2,1-2H3. The minimum Gasteiger partial charge on any atom is -0.494 e. The van der Waals surface area contributed by atoms with E-state index in [1.54, 1.807) is 24.3 Å². The molecule has 3 aromatic carbocycles. The van der Waals surface area contributed by atoms with Crippen LogP contribution in [0.3, 0.4) is 0 Å². The molecular formula is C33H29F13O4. The molecule has 0 saturated heterocycles. The lowest BCUT2D eigenvalue weighted by Crippen LogP contribution is -2.71. The fraction of sp³-hybridized carbons (Fsp3) is 0.424. The molecule has 0 aliphatic carbocycles. The zero-order chi connectivity index (χ0) is 37.8. The number of benzene rings is 3. The molecule has 0 N–H and O–H groups in total. The Kier molecular flexibility index (Phi) is 12.1. The monoisotopic (exact) mass is 736 g/mol. The van der Waals surface area contributed by atoms with Gasteiger partial charge in [-0.2, -0.15) is 57.1 Å². The fourth-order valence-electron chi connectivity index (χ4n) is 4.33. The molecule has 0 aliphatic heterocycles. The maximum Gasteiger partial charge on any atom is 0.460 e. The second-order valence-corrected chi connectivity index (χ2v) is 11.1. The first kappa shape index (κ1) is 40.3. The van der Waals surface area contributed by atoms with Crippen LogP contribution in [0.2, 0.25) is 0 Å². The highest BCUT2D eigenvalue weighted by molar-refractivity contribution is 5.91. The summed E-state index contributed by atoms with van der Waals surface area (Å²) in [5, 5.41) is 0. The summed E-state index contributed by atoms with van der Waals surface area (Å²) in [6, 6.07) is 16.5. The summed E-state index contributed by atoms with van der Waals surface area (Å²) < 4.78 is 190. The van der Waals surface area contributed by atoms with E-state index in [1.807, 2.05) is 12.1 Å². The van der Waals surface area contributed by atoms with Crippen molar-refractivity contribution in [2.45, 2.75) is 81.4 Å². The molecule has 3 aromatic rings. The summed E-state index contributed by atoms with van der Waals surface area (Å²) in [5.41, 5.74) is 1.61. The third kappa shape index (κ3) is 8.06. The first-order valence-corrected chi connectivity index (χ1v) is 14.8. The van der Waals surface area contributed by atoms with Gasteiger partial charge in [-0.1, -0.05) is 50.5 Å². The second kappa shape index (κ2) is 15.0. The van der Waals surface area contributed by atoms with Gasteiger partial charge in [0.2, 0.25) is 0 Å². The summed E-state index contributed by atoms with van der Waals surface area (Å²) in [6.07, 6.45) is -6.75. The summed E-state index contributed by atoms with van der Waals surface area (Å²) in [6.45, 7) is 2.66. The second-order valence-electron chi connectivity index (χ2n) is 11.1. The summed E-state index contributed by atoms with van der Waals surface area (Å²) in [7, 11) is 0. The Morgan fingerprint density at radius 2 is 1.04 bits per heavy atom. The van der Waals surface area contributed by atoms with Gasteiger partial charge in [-0.15, -0.1) is 0 Å². The van der Waals surface area contributed by atoms with Gasteiger partial charge in [0.15, 0.2) is 6.10 Å². The highest BCUT2D eigenvalue weighted by Gasteiger charge is 2.91. The first-order chi connectivity index (χ1) is 23.0. The van der Waals surface area contributed by atoms with Crippen molar-refractivity contribution in [2.24, 2.45) is 0 Å². The van der Waals surface area contributed by atoms with Crippen LogP contribution in [0, 0.1) is 0 Å². The largest absolute Gasteiger partial charge is 0.494 e. The van der Waals surface area contributed by atoms with Crippen molar-refractivity contribution < 1.29 is 76.1 Å². The number of carbonyl (C=O) groups excluding carboxylic acids is 1. The van der Waals surface area contributed by atoms with Crippen LogP contribution in [0.4, 0.5) is 57.1 Å². The Morgan fingerprint density at radius 3 is 1.54 bits per heavy atom. The Hall–Kier alpha value is -4.18. The van der Waals surface area contributed by atoms with Crippen LogP contribution >= 0.6 is 0 Å². The highest BCUT2D eigenvalue weighted by atomic mass is 19.4. The first-order valence-electron chi connectivity index (χ1n) is 14.8. The van der Waals surface area contributed by atoms with Gasteiger partial charge >= 0.3 is 41.8 Å². The molecule has 0 spiro atoms. The number of unbranched alkanes of at least 4 members (excludes halogenated alkanes) is 3. The van der Waals surface area contributed by atoms with Crippen LogP contribution in [0.25, 0.3) is 11.1 Å². The van der Waals surface area contributed by atoms with E-state index in [4.69, 9.17) is 9.47 Å². The third-order valence-electron chi connectivity index (χ3n) is 7.39. The van der Waals surface area contributed by atoms with E-state index in [0.29, 0.717) is 24.5 Å². The number of hydrogen-bond acceptors (Lipinski definition) is 4. The molecule has 4 nitrogen and oxygen atoms in total. The number of halogens is 13. The quantitative estimate of drug-likeness (QED) is 0.0636. The number of carbonyl (C=O) groups is 1. The molecule has 0 aromatic heterocycles. The van der Waals surface area contributed by atoms with Crippen LogP contribution in [0.15, 0.2) is 72.8 Å². The van der Waals surface area contributed by atoms with Crippen LogP contribution in [-0.2, 0) is 0 Å². The normalized spacial score (nSPS) is 13.9. The lowest BCUT2D eigenvalue weighted by molar-refractivity contribution is -0.443. The van der Waals surface area contributed by atoms with E-state index in [2.05, 4.69) is 11.7 Å². The van der Waals surface area contributed by atoms with Crippen LogP contribution < -0.4 is 14.2 Å². The number of rotatable bonds is 16. The molecule has 50 heavy (non-hydrogen) atoms. The summed E-state index contributed by atoms with van der Waals surface area (Å²) >= 11 is 0. The number of alkyl halides is 13. The van der Waals surface area contributed by atoms with E-state index in [1.165, 1.54) is 12.1 Å². The number of hydrogen-bond donors (Lipinski definition) is 0. The molecule has 0 bridgehead atoms. The molecule has 0 aliphatic rings. The van der Waals surface area contributed by atoms with Gasteiger partial charge in [0.1, 0.15) is 17.2 Å². The molecular weight excluding hydrogens is 707 g/mol. The lowest BCUT2D eigenvalue weighted by atomic mass is 9.92. The molecule has 1 atom stereocenters. The molecule has 0 amide bonds. The maximum absolute atomic E-state index is 14.4. The van der Waals surface area contributed by atoms with Crippen molar-refractivity contribution >= 4 is 5.97 Å². The van der Waals surface area contributed by atoms with E-state index in [9.17, 15) is 61.9 Å². The number of ether oxygens (including phenoxy) is 3. The molecule has 0 radical (unpaired) electrons. The van der Waals surface area contributed by atoms with E-state index in [-0.39, 0.29) is 18.2 Å². The lowest BCUT2D eigenvalue weighted by Gasteiger charge is -2.41. The van der Waals surface area contributed by atoms with Crippen molar-refractivity contribution in [3.05, 3.63) is 78.4 Å². The zero-order valence-corrected chi connectivity index (χ0v) is 26.1. The molecule has 1 unspecified atom stereocenters. The van der Waals surface area contributed by atoms with Crippen LogP contribution in [0.1, 0.15) is 49.9 Å². The molecule has 17 heteroatoms. The minimum absolute atomic E-state index is 0.0423. The molecule has 3 rings (SSSR count). The minimum atomic E-state index is -8.01. The average Bonchev–Trinajstić information content (AvgIpc) is 3.05. The molecule has 0 fully saturated rings. The molecule has 0 saturated carbocycles. The maximum atomic E-state index is 14.4. The Labute approximate surface area is 277 Å². The van der Waals surface area contributed by atoms with E-state index in [0.717, 1.165) is 48.9 Å². The molecule has 0 heterocycles. The van der Waals surface area contributed by atoms with Crippen molar-refractivity contribution in [2.75, 3.05) is 6.61 Å². The summed E-state index contributed by atoms with van der Waals surface area (Å²) in [5.74, 6) is -39.0. The van der Waals surface area contributed by atoms with Gasteiger partial charge in [-0.05, 0) is 73.0 Å². The highest BCUT2D eigenvalue weighted by Crippen LogP contribution is 2.60. The average molecular weight is 737 g/mol. The van der Waals surface area contributed by atoms with Gasteiger partial charge in [-0.25, -0.2) is 4.79 Å². The van der Waals surface area contributed by atoms with Crippen molar-refractivity contribution in [3.63, 3.8) is 0 Å². The zero-order valence-electron chi connectivity index (χ0n) is 26.1. The Morgan fingerprint density at radius 1 is 0.580 bits per heavy atom. The predicted molar refractivity (Wildman–Crippen MR) is 154 cm³/mol. The Balaban J connectivity index is 1.64. The molecule has 276 valence electrons. The van der Waals surface area contributed by atoms with Crippen molar-refractivity contribution in [3.8, 4) is 28.4 Å². The predicted octanol–water partition coefficient (Wildman–Crippen LogP) is 11.0. The van der Waals surface area contributed by atoms with Gasteiger partial charge in [-0.3, -0.25) is 0 Å². The van der Waals surface area contributed by atoms with Gasteiger partial charge in [0.25, 0.3) is 0 Å². The van der Waals surface area contributed by atoms with E-state index >= 15 is 0 Å². The SMILES string of the molecule is CCCCCCOc1ccc(-c2ccc(C(=O)Oc3ccc(OC(C)C(F)(F)C(F)(F)C(F)(F)C(F)(F)C(F)(F)C(F)(F)F)cc3)cc2)cc1. The van der Waals surface area contributed by atoms with Crippen molar-refractivity contribution in [1.82, 2.24) is 0 Å². The third-order valence-corrected chi connectivity index (χ3v) is 7.39. The van der Waals surface area contributed by atoms with Crippen LogP contribution in [-0.4, -0.2) is 54.5 Å². The van der Waals surface area contributed by atoms with Crippen molar-refractivity contribution in [1.29, 1.82) is 0 Å². The smallest absolute Gasteiger partial charge is 0.460 e. The number of esters is 1. The summed E-state index contributed by atoms with van der Waals surface area (Å²) in [4.78, 5) is 12.6. The van der Waals surface area contributed by atoms with Gasteiger partial charge in [0.05, 0.1) is 12.2 Å². The van der Waals surface area contributed by atoms with Gasteiger partial charge < -0.3 is 14.2 Å². The van der Waals surface area contributed by atoms with E-state index < -0.39 is 53.6 Å². The van der Waals surface area contributed by atoms with Crippen LogP contribution in [0.5, 0.6) is 17.2 Å². The van der Waals surface area contributed by atoms with Gasteiger partial charge in [0, 0.05) is 0 Å². The Bertz CT molecular complexity index is 1550. The fourth-order valence-corrected chi connectivity index (χ4v) is 4.33. The topological polar surface area (TPSA) is 44.8 Å².